The van der Waals surface area contributed by atoms with Crippen LogP contribution in [-0.2, 0) is 17.1 Å². The van der Waals surface area contributed by atoms with Crippen LogP contribution in [-0.4, -0.2) is 30.1 Å². The van der Waals surface area contributed by atoms with Gasteiger partial charge in [-0.3, -0.25) is 9.48 Å². The van der Waals surface area contributed by atoms with Crippen LogP contribution >= 0.6 is 23.2 Å². The largest absolute Gasteiger partial charge is 0.305 e. The zero-order valence-electron chi connectivity index (χ0n) is 12.6. The van der Waals surface area contributed by atoms with Crippen molar-refractivity contribution in [2.24, 2.45) is 7.05 Å². The second-order valence-electron chi connectivity index (χ2n) is 5.49. The molecule has 24 heavy (non-hydrogen) atoms. The predicted octanol–water partition coefficient (Wildman–Crippen LogP) is 2.42. The maximum atomic E-state index is 12.4. The van der Waals surface area contributed by atoms with Crippen molar-refractivity contribution in [2.45, 2.75) is 23.8 Å². The van der Waals surface area contributed by atoms with E-state index >= 15 is 0 Å². The molecule has 10 heteroatoms. The van der Waals surface area contributed by atoms with Gasteiger partial charge < -0.3 is 5.32 Å². The maximum Gasteiger partial charge on any atom is 0.258 e. The number of hydrogen-bond donors (Lipinski definition) is 2. The number of rotatable bonds is 5. The Balaban J connectivity index is 1.92. The van der Waals surface area contributed by atoms with Crippen LogP contribution in [0, 0.1) is 0 Å². The van der Waals surface area contributed by atoms with Gasteiger partial charge >= 0.3 is 0 Å². The Kier molecular flexibility index (Phi) is 4.56. The van der Waals surface area contributed by atoms with E-state index in [1.165, 1.54) is 16.8 Å². The predicted molar refractivity (Wildman–Crippen MR) is 91.0 cm³/mol. The molecule has 1 saturated carbocycles. The number of carbonyl (C=O) groups is 1. The molecule has 2 N–H and O–H groups in total. The van der Waals surface area contributed by atoms with Crippen molar-refractivity contribution in [2.75, 3.05) is 5.32 Å². The van der Waals surface area contributed by atoms with Crippen molar-refractivity contribution in [1.29, 1.82) is 0 Å². The third-order valence-corrected chi connectivity index (χ3v) is 5.71. The van der Waals surface area contributed by atoms with Crippen LogP contribution in [0.3, 0.4) is 0 Å². The fourth-order valence-corrected chi connectivity index (χ4v) is 4.22. The van der Waals surface area contributed by atoms with Crippen LogP contribution in [0.1, 0.15) is 23.2 Å². The smallest absolute Gasteiger partial charge is 0.258 e. The van der Waals surface area contributed by atoms with Gasteiger partial charge in [0.15, 0.2) is 5.82 Å². The summed E-state index contributed by atoms with van der Waals surface area (Å²) in [6.45, 7) is 0. The average Bonchev–Trinajstić information content (AvgIpc) is 3.18. The first kappa shape index (κ1) is 17.2. The number of amides is 1. The van der Waals surface area contributed by atoms with E-state index in [1.807, 2.05) is 0 Å². The van der Waals surface area contributed by atoms with E-state index in [4.69, 9.17) is 23.2 Å². The van der Waals surface area contributed by atoms with Crippen molar-refractivity contribution >= 4 is 45.0 Å². The molecule has 128 valence electrons. The second-order valence-corrected chi connectivity index (χ2v) is 7.98. The van der Waals surface area contributed by atoms with E-state index in [9.17, 15) is 13.2 Å². The molecule has 0 atom stereocenters. The fraction of sp³-hybridized carbons (Fsp3) is 0.286. The van der Waals surface area contributed by atoms with Crippen molar-refractivity contribution in [3.05, 3.63) is 40.0 Å². The Morgan fingerprint density at radius 2 is 2.00 bits per heavy atom. The van der Waals surface area contributed by atoms with Crippen LogP contribution in [0.15, 0.2) is 29.3 Å². The molecule has 1 heterocycles. The molecule has 0 saturated heterocycles. The lowest BCUT2D eigenvalue weighted by molar-refractivity contribution is 0.102. The van der Waals surface area contributed by atoms with E-state index in [2.05, 4.69) is 15.1 Å². The number of benzene rings is 1. The monoisotopic (exact) mass is 388 g/mol. The lowest BCUT2D eigenvalue weighted by Gasteiger charge is -2.11. The van der Waals surface area contributed by atoms with E-state index in [0.29, 0.717) is 5.82 Å². The number of carbonyl (C=O) groups excluding carboxylic acids is 1. The molecule has 1 aliphatic carbocycles. The minimum atomic E-state index is -3.81. The van der Waals surface area contributed by atoms with Gasteiger partial charge in [0.2, 0.25) is 10.0 Å². The van der Waals surface area contributed by atoms with Crippen molar-refractivity contribution < 1.29 is 13.2 Å². The Labute approximate surface area is 149 Å². The third-order valence-electron chi connectivity index (χ3n) is 3.41. The number of halogens is 2. The molecule has 0 radical (unpaired) electrons. The standard InChI is InChI=1S/C14H14Cl2N4O3S/c1-20-5-4-13(18-20)17-14(21)9-6-12(11(16)7-10(9)15)24(22,23)19-8-2-3-8/h4-8,19H,2-3H2,1H3,(H,17,18,21). The maximum absolute atomic E-state index is 12.4. The van der Waals surface area contributed by atoms with Gasteiger partial charge in [0.1, 0.15) is 4.90 Å². The summed E-state index contributed by atoms with van der Waals surface area (Å²) < 4.78 is 28.8. The fourth-order valence-electron chi connectivity index (χ4n) is 2.06. The van der Waals surface area contributed by atoms with Crippen LogP contribution in [0.2, 0.25) is 10.0 Å². The molecule has 0 bridgehead atoms. The van der Waals surface area contributed by atoms with Gasteiger partial charge in [0.25, 0.3) is 5.91 Å². The van der Waals surface area contributed by atoms with E-state index < -0.39 is 15.9 Å². The molecule has 0 aliphatic heterocycles. The van der Waals surface area contributed by atoms with Crippen LogP contribution in [0.25, 0.3) is 0 Å². The molecule has 2 aromatic rings. The molecule has 0 spiro atoms. The molecule has 7 nitrogen and oxygen atoms in total. The number of nitrogens with one attached hydrogen (secondary N) is 2. The summed E-state index contributed by atoms with van der Waals surface area (Å²) in [5.41, 5.74) is 0.00268. The Hall–Kier alpha value is -1.61. The zero-order valence-corrected chi connectivity index (χ0v) is 14.9. The van der Waals surface area contributed by atoms with Gasteiger partial charge in [0, 0.05) is 25.4 Å². The van der Waals surface area contributed by atoms with E-state index in [1.54, 1.807) is 19.3 Å². The minimum Gasteiger partial charge on any atom is -0.305 e. The summed E-state index contributed by atoms with van der Waals surface area (Å²) >= 11 is 12.1. The first-order valence-electron chi connectivity index (χ1n) is 7.08. The van der Waals surface area contributed by atoms with E-state index in [0.717, 1.165) is 12.8 Å². The molecule has 1 aromatic heterocycles. The molecule has 3 rings (SSSR count). The molecular weight excluding hydrogens is 375 g/mol. The highest BCUT2D eigenvalue weighted by Gasteiger charge is 2.30. The van der Waals surface area contributed by atoms with Crippen molar-refractivity contribution in [3.8, 4) is 0 Å². The van der Waals surface area contributed by atoms with Gasteiger partial charge in [-0.1, -0.05) is 23.2 Å². The minimum absolute atomic E-state index is 0.00268. The Bertz CT molecular complexity index is 907. The first-order valence-corrected chi connectivity index (χ1v) is 9.32. The third kappa shape index (κ3) is 3.72. The normalized spacial score (nSPS) is 14.6. The van der Waals surface area contributed by atoms with E-state index in [-0.39, 0.29) is 26.5 Å². The molecule has 1 amide bonds. The highest BCUT2D eigenvalue weighted by Crippen LogP contribution is 2.31. The summed E-state index contributed by atoms with van der Waals surface area (Å²) in [5.74, 6) is -0.243. The molecule has 1 fully saturated rings. The highest BCUT2D eigenvalue weighted by atomic mass is 35.5. The summed E-state index contributed by atoms with van der Waals surface area (Å²) in [4.78, 5) is 12.2. The van der Waals surface area contributed by atoms with Crippen LogP contribution in [0.5, 0.6) is 0 Å². The summed E-state index contributed by atoms with van der Waals surface area (Å²) in [6.07, 6.45) is 3.24. The number of aromatic nitrogens is 2. The summed E-state index contributed by atoms with van der Waals surface area (Å²) in [5, 5.41) is 6.60. The van der Waals surface area contributed by atoms with Crippen LogP contribution < -0.4 is 10.0 Å². The summed E-state index contributed by atoms with van der Waals surface area (Å²) in [6, 6.07) is 3.95. The topological polar surface area (TPSA) is 93.1 Å². The Morgan fingerprint density at radius 1 is 1.29 bits per heavy atom. The number of anilines is 1. The molecular formula is C14H14Cl2N4O3S. The highest BCUT2D eigenvalue weighted by molar-refractivity contribution is 7.89. The number of sulfonamides is 1. The molecule has 1 aromatic carbocycles. The average molecular weight is 389 g/mol. The number of nitrogens with zero attached hydrogens (tertiary/aromatic N) is 2. The SMILES string of the molecule is Cn1ccc(NC(=O)c2cc(S(=O)(=O)NC3CC3)c(Cl)cc2Cl)n1. The Morgan fingerprint density at radius 3 is 2.58 bits per heavy atom. The lowest BCUT2D eigenvalue weighted by atomic mass is 10.2. The molecule has 0 unspecified atom stereocenters. The van der Waals surface area contributed by atoms with Crippen molar-refractivity contribution in [1.82, 2.24) is 14.5 Å². The number of aryl methyl sites for hydroxylation is 1. The van der Waals surface area contributed by atoms with Gasteiger partial charge in [-0.05, 0) is 25.0 Å². The van der Waals surface area contributed by atoms with Crippen LogP contribution in [0.4, 0.5) is 5.82 Å². The van der Waals surface area contributed by atoms with Gasteiger partial charge in [0.05, 0.1) is 15.6 Å². The van der Waals surface area contributed by atoms with Gasteiger partial charge in [-0.15, -0.1) is 0 Å². The van der Waals surface area contributed by atoms with Crippen molar-refractivity contribution in [3.63, 3.8) is 0 Å². The quantitative estimate of drug-likeness (QED) is 0.822. The van der Waals surface area contributed by atoms with Gasteiger partial charge in [-0.25, -0.2) is 13.1 Å². The zero-order chi connectivity index (χ0) is 17.5. The molecule has 1 aliphatic rings. The first-order chi connectivity index (χ1) is 11.3. The second kappa shape index (κ2) is 6.36. The van der Waals surface area contributed by atoms with Gasteiger partial charge in [-0.2, -0.15) is 5.10 Å². The lowest BCUT2D eigenvalue weighted by Crippen LogP contribution is -2.26. The number of hydrogen-bond acceptors (Lipinski definition) is 4. The summed E-state index contributed by atoms with van der Waals surface area (Å²) in [7, 11) is -2.10.